The Morgan fingerprint density at radius 1 is 0.667 bits per heavy atom. The Morgan fingerprint density at radius 2 is 1.27 bits per heavy atom. The highest BCUT2D eigenvalue weighted by molar-refractivity contribution is 7.99. The molecule has 0 fully saturated rings. The highest BCUT2D eigenvalue weighted by atomic mass is 32.2. The van der Waals surface area contributed by atoms with Crippen LogP contribution in [-0.2, 0) is 0 Å². The molecule has 5 rings (SSSR count). The molecule has 0 aliphatic carbocycles. The maximum atomic E-state index is 2.55. The SMILES string of the molecule is CCCCCCN1c2ccc(-c3ccsc3)cc2Sc2cc(-c3ccsc3)ccc21. The van der Waals surface area contributed by atoms with E-state index >= 15 is 0 Å². The molecular formula is C26H25NS3. The molecule has 1 aliphatic heterocycles. The number of thiophene rings is 2. The highest BCUT2D eigenvalue weighted by Crippen LogP contribution is 2.50. The van der Waals surface area contributed by atoms with Gasteiger partial charge in [0.15, 0.2) is 0 Å². The zero-order valence-corrected chi connectivity index (χ0v) is 19.6. The first-order valence-corrected chi connectivity index (χ1v) is 13.3. The average molecular weight is 448 g/mol. The summed E-state index contributed by atoms with van der Waals surface area (Å²) < 4.78 is 0. The lowest BCUT2D eigenvalue weighted by Gasteiger charge is -2.33. The summed E-state index contributed by atoms with van der Waals surface area (Å²) in [5.74, 6) is 0. The molecule has 30 heavy (non-hydrogen) atoms. The molecule has 2 aromatic carbocycles. The van der Waals surface area contributed by atoms with E-state index in [1.54, 1.807) is 22.7 Å². The number of unbranched alkanes of at least 4 members (excludes halogenated alkanes) is 3. The summed E-state index contributed by atoms with van der Waals surface area (Å²) in [7, 11) is 0. The summed E-state index contributed by atoms with van der Waals surface area (Å²) in [5, 5.41) is 8.79. The molecule has 0 saturated carbocycles. The van der Waals surface area contributed by atoms with Crippen molar-refractivity contribution in [2.45, 2.75) is 42.4 Å². The van der Waals surface area contributed by atoms with E-state index in [9.17, 15) is 0 Å². The first-order valence-electron chi connectivity index (χ1n) is 10.6. The third kappa shape index (κ3) is 3.96. The number of rotatable bonds is 7. The van der Waals surface area contributed by atoms with E-state index in [-0.39, 0.29) is 0 Å². The van der Waals surface area contributed by atoms with Crippen LogP contribution in [0.2, 0.25) is 0 Å². The van der Waals surface area contributed by atoms with Gasteiger partial charge < -0.3 is 4.90 Å². The molecule has 4 heteroatoms. The molecule has 0 bridgehead atoms. The lowest BCUT2D eigenvalue weighted by Crippen LogP contribution is -2.22. The van der Waals surface area contributed by atoms with Crippen molar-refractivity contribution in [1.82, 2.24) is 0 Å². The molecule has 0 radical (unpaired) electrons. The fourth-order valence-corrected chi connectivity index (χ4v) is 6.54. The number of fused-ring (bicyclic) bond motifs is 2. The summed E-state index contributed by atoms with van der Waals surface area (Å²) in [6.45, 7) is 3.36. The third-order valence-corrected chi connectivity index (χ3v) is 8.13. The van der Waals surface area contributed by atoms with E-state index in [4.69, 9.17) is 0 Å². The monoisotopic (exact) mass is 447 g/mol. The summed E-state index contributed by atoms with van der Waals surface area (Å²) in [4.78, 5) is 5.28. The molecule has 0 atom stereocenters. The molecule has 1 nitrogen and oxygen atoms in total. The van der Waals surface area contributed by atoms with Gasteiger partial charge in [0.1, 0.15) is 0 Å². The van der Waals surface area contributed by atoms with Crippen LogP contribution >= 0.6 is 34.4 Å². The second kappa shape index (κ2) is 9.01. The smallest absolute Gasteiger partial charge is 0.0553 e. The van der Waals surface area contributed by atoms with Crippen LogP contribution in [-0.4, -0.2) is 6.54 Å². The van der Waals surface area contributed by atoms with Gasteiger partial charge in [0, 0.05) is 16.3 Å². The fraction of sp³-hybridized carbons (Fsp3) is 0.231. The van der Waals surface area contributed by atoms with Crippen LogP contribution in [0.4, 0.5) is 11.4 Å². The second-order valence-electron chi connectivity index (χ2n) is 7.70. The second-order valence-corrected chi connectivity index (χ2v) is 10.3. The number of anilines is 2. The predicted molar refractivity (Wildman–Crippen MR) is 135 cm³/mol. The predicted octanol–water partition coefficient (Wildman–Crippen LogP) is 9.33. The topological polar surface area (TPSA) is 3.24 Å². The van der Waals surface area contributed by atoms with Crippen LogP contribution in [0.1, 0.15) is 32.6 Å². The Hall–Kier alpha value is -2.01. The van der Waals surface area contributed by atoms with Crippen molar-refractivity contribution in [3.8, 4) is 22.3 Å². The molecule has 0 N–H and O–H groups in total. The van der Waals surface area contributed by atoms with Crippen molar-refractivity contribution in [2.75, 3.05) is 11.4 Å². The zero-order chi connectivity index (χ0) is 20.3. The molecule has 0 amide bonds. The standard InChI is InChI=1S/C26H25NS3/c1-2-3-4-5-12-27-23-8-6-19(21-10-13-28-17-21)15-25(23)30-26-16-20(7-9-24(26)27)22-11-14-29-18-22/h6-11,13-18H,2-5,12H2,1H3. The summed E-state index contributed by atoms with van der Waals surface area (Å²) >= 11 is 5.44. The van der Waals surface area contributed by atoms with E-state index in [1.807, 2.05) is 11.8 Å². The molecule has 3 heterocycles. The van der Waals surface area contributed by atoms with Gasteiger partial charge in [0.25, 0.3) is 0 Å². The summed E-state index contributed by atoms with van der Waals surface area (Å²) in [6, 6.07) is 18.4. The Morgan fingerprint density at radius 3 is 1.77 bits per heavy atom. The molecule has 0 unspecified atom stereocenters. The minimum absolute atomic E-state index is 1.08. The van der Waals surface area contributed by atoms with Crippen LogP contribution in [0.3, 0.4) is 0 Å². The zero-order valence-electron chi connectivity index (χ0n) is 17.1. The summed E-state index contributed by atoms with van der Waals surface area (Å²) in [6.07, 6.45) is 5.12. The van der Waals surface area contributed by atoms with E-state index in [2.05, 4.69) is 81.9 Å². The third-order valence-electron chi connectivity index (χ3n) is 5.67. The first-order chi connectivity index (χ1) is 14.8. The highest BCUT2D eigenvalue weighted by Gasteiger charge is 2.24. The molecule has 152 valence electrons. The van der Waals surface area contributed by atoms with Crippen LogP contribution in [0.15, 0.2) is 79.8 Å². The van der Waals surface area contributed by atoms with Crippen molar-refractivity contribution < 1.29 is 0 Å². The normalized spacial score (nSPS) is 12.6. The van der Waals surface area contributed by atoms with Crippen LogP contribution in [0, 0.1) is 0 Å². The van der Waals surface area contributed by atoms with Gasteiger partial charge in [-0.1, -0.05) is 50.1 Å². The van der Waals surface area contributed by atoms with Gasteiger partial charge in [-0.05, 0) is 86.6 Å². The van der Waals surface area contributed by atoms with Gasteiger partial charge in [-0.2, -0.15) is 22.7 Å². The Labute approximate surface area is 191 Å². The fourth-order valence-electron chi connectivity index (χ4n) is 4.04. The lowest BCUT2D eigenvalue weighted by atomic mass is 10.1. The van der Waals surface area contributed by atoms with Crippen molar-refractivity contribution in [1.29, 1.82) is 0 Å². The minimum atomic E-state index is 1.08. The maximum Gasteiger partial charge on any atom is 0.0553 e. The summed E-state index contributed by atoms with van der Waals surface area (Å²) in [5.41, 5.74) is 7.96. The number of hydrogen-bond acceptors (Lipinski definition) is 4. The molecule has 4 aromatic rings. The number of nitrogens with zero attached hydrogens (tertiary/aromatic N) is 1. The van der Waals surface area contributed by atoms with Crippen LogP contribution in [0.5, 0.6) is 0 Å². The van der Waals surface area contributed by atoms with Crippen molar-refractivity contribution in [2.24, 2.45) is 0 Å². The van der Waals surface area contributed by atoms with E-state index in [1.165, 1.54) is 69.1 Å². The number of benzene rings is 2. The molecule has 0 saturated heterocycles. The lowest BCUT2D eigenvalue weighted by molar-refractivity contribution is 0.666. The Balaban J connectivity index is 1.53. The van der Waals surface area contributed by atoms with Crippen LogP contribution in [0.25, 0.3) is 22.3 Å². The minimum Gasteiger partial charge on any atom is -0.340 e. The maximum absolute atomic E-state index is 2.55. The molecule has 1 aliphatic rings. The first kappa shape index (κ1) is 19.9. The molecular weight excluding hydrogens is 422 g/mol. The van der Waals surface area contributed by atoms with Gasteiger partial charge >= 0.3 is 0 Å². The van der Waals surface area contributed by atoms with E-state index in [0.29, 0.717) is 0 Å². The van der Waals surface area contributed by atoms with Crippen molar-refractivity contribution >= 4 is 45.8 Å². The quantitative estimate of drug-likeness (QED) is 0.260. The molecule has 2 aromatic heterocycles. The van der Waals surface area contributed by atoms with E-state index in [0.717, 1.165) is 6.54 Å². The largest absolute Gasteiger partial charge is 0.340 e. The Kier molecular flexibility index (Phi) is 5.98. The van der Waals surface area contributed by atoms with Crippen molar-refractivity contribution in [3.63, 3.8) is 0 Å². The number of hydrogen-bond donors (Lipinski definition) is 0. The molecule has 0 spiro atoms. The van der Waals surface area contributed by atoms with Gasteiger partial charge in [-0.25, -0.2) is 0 Å². The Bertz CT molecular complexity index is 1030. The van der Waals surface area contributed by atoms with Crippen molar-refractivity contribution in [3.05, 3.63) is 70.1 Å². The van der Waals surface area contributed by atoms with Gasteiger partial charge in [-0.15, -0.1) is 0 Å². The van der Waals surface area contributed by atoms with Crippen LogP contribution < -0.4 is 4.90 Å². The van der Waals surface area contributed by atoms with Gasteiger partial charge in [0.2, 0.25) is 0 Å². The van der Waals surface area contributed by atoms with Gasteiger partial charge in [-0.3, -0.25) is 0 Å². The van der Waals surface area contributed by atoms with Gasteiger partial charge in [0.05, 0.1) is 11.4 Å². The average Bonchev–Trinajstić information content (AvgIpc) is 3.50. The van der Waals surface area contributed by atoms with E-state index < -0.39 is 0 Å².